The van der Waals surface area contributed by atoms with Crippen molar-refractivity contribution >= 4 is 66.2 Å². The van der Waals surface area contributed by atoms with Gasteiger partial charge >= 0.3 is 5.97 Å². The van der Waals surface area contributed by atoms with Crippen molar-refractivity contribution < 1.29 is 32.2 Å². The fourth-order valence-corrected chi connectivity index (χ4v) is 9.73. The molecule has 62 heavy (non-hydrogen) atoms. The molecule has 2 aliphatic heterocycles. The number of carbonyl (C=O) groups is 2. The molecule has 11 heteroatoms. The van der Waals surface area contributed by atoms with E-state index in [1.54, 1.807) is 12.3 Å². The largest absolute Gasteiger partial charge is 0.481 e. The number of carboxylic acid groups (broad SMARTS) is 1. The van der Waals surface area contributed by atoms with Crippen molar-refractivity contribution in [1.82, 2.24) is 10.3 Å². The number of nitrogens with one attached hydrogen (secondary N) is 1. The van der Waals surface area contributed by atoms with Crippen LogP contribution >= 0.6 is 0 Å². The van der Waals surface area contributed by atoms with Crippen LogP contribution in [0.4, 0.5) is 11.4 Å². The van der Waals surface area contributed by atoms with Crippen LogP contribution in [0.3, 0.4) is 0 Å². The molecule has 0 bridgehead atoms. The number of nitrogens with zero attached hydrogens (tertiary/aromatic N) is 3. The van der Waals surface area contributed by atoms with E-state index in [1.165, 1.54) is 16.3 Å². The normalized spacial score (nSPS) is 16.5. The molecule has 0 fully saturated rings. The first-order chi connectivity index (χ1) is 29.6. The van der Waals surface area contributed by atoms with E-state index in [4.69, 9.17) is 17.0 Å². The molecule has 320 valence electrons. The van der Waals surface area contributed by atoms with Crippen molar-refractivity contribution in [3.63, 3.8) is 0 Å². The Kier molecular flexibility index (Phi) is 13.0. The van der Waals surface area contributed by atoms with Gasteiger partial charge in [0.2, 0.25) is 5.69 Å². The summed E-state index contributed by atoms with van der Waals surface area (Å²) in [5.41, 5.74) is 7.50. The second-order valence-corrected chi connectivity index (χ2v) is 18.7. The number of unbranched alkanes of at least 4 members (excludes halogenated alkanes) is 2. The Morgan fingerprint density at radius 3 is 2.21 bits per heavy atom. The zero-order valence-corrected chi connectivity index (χ0v) is 36.7. The molecule has 0 aliphatic carbocycles. The number of anilines is 1. The van der Waals surface area contributed by atoms with Gasteiger partial charge in [-0.3, -0.25) is 19.1 Å². The highest BCUT2D eigenvalue weighted by atomic mass is 32.2. The van der Waals surface area contributed by atoms with Crippen molar-refractivity contribution in [3.8, 4) is 0 Å². The van der Waals surface area contributed by atoms with Gasteiger partial charge in [0.15, 0.2) is 5.71 Å². The average molecular weight is 852 g/mol. The van der Waals surface area contributed by atoms with Crippen LogP contribution in [0.5, 0.6) is 0 Å². The first kappa shape index (κ1) is 44.2. The lowest BCUT2D eigenvalue weighted by molar-refractivity contribution is -0.437. The van der Waals surface area contributed by atoms with Crippen molar-refractivity contribution in [2.45, 2.75) is 77.0 Å². The van der Waals surface area contributed by atoms with Crippen LogP contribution in [-0.2, 0) is 25.7 Å². The number of carboxylic acids is 1. The molecule has 0 saturated carbocycles. The van der Waals surface area contributed by atoms with E-state index in [9.17, 15) is 22.6 Å². The Balaban J connectivity index is 1.30. The van der Waals surface area contributed by atoms with E-state index in [-0.39, 0.29) is 29.9 Å². The van der Waals surface area contributed by atoms with Gasteiger partial charge in [-0.05, 0) is 104 Å². The van der Waals surface area contributed by atoms with E-state index in [0.29, 0.717) is 56.6 Å². The van der Waals surface area contributed by atoms with Gasteiger partial charge in [0.25, 0.3) is 16.0 Å². The highest BCUT2D eigenvalue weighted by Gasteiger charge is 2.45. The number of allylic oxidation sites excluding steroid dienone is 6. The molecule has 7 rings (SSSR count). The van der Waals surface area contributed by atoms with Crippen LogP contribution in [0.25, 0.3) is 27.1 Å². The Bertz CT molecular complexity index is 2760. The second kappa shape index (κ2) is 18.2. The van der Waals surface area contributed by atoms with Gasteiger partial charge < -0.3 is 15.3 Å². The maximum atomic E-state index is 13.1. The van der Waals surface area contributed by atoms with Crippen molar-refractivity contribution in [1.29, 1.82) is 0 Å². The zero-order valence-electron chi connectivity index (χ0n) is 35.9. The summed E-state index contributed by atoms with van der Waals surface area (Å²) in [5, 5.41) is 16.4. The van der Waals surface area contributed by atoms with Crippen molar-refractivity contribution in [2.24, 2.45) is 0 Å². The summed E-state index contributed by atoms with van der Waals surface area (Å²) in [6.07, 6.45) is 12.6. The zero-order chi connectivity index (χ0) is 44.2. The number of aliphatic carboxylic acids is 1. The van der Waals surface area contributed by atoms with E-state index in [2.05, 4.69) is 121 Å². The molecule has 0 atom stereocenters. The number of hydrogen-bond acceptors (Lipinski definition) is 6. The second-order valence-electron chi connectivity index (χ2n) is 17.1. The molecule has 3 N–H and O–H groups in total. The van der Waals surface area contributed by atoms with E-state index in [0.717, 1.165) is 44.7 Å². The number of hydrogen-bond donors (Lipinski definition) is 3. The number of rotatable bonds is 17. The monoisotopic (exact) mass is 851 g/mol. The minimum Gasteiger partial charge on any atom is -0.481 e. The van der Waals surface area contributed by atoms with Crippen LogP contribution in [0, 0.1) is 6.92 Å². The summed E-state index contributed by atoms with van der Waals surface area (Å²) in [6.45, 7) is 16.5. The van der Waals surface area contributed by atoms with Crippen molar-refractivity contribution in [2.75, 3.05) is 30.3 Å². The molecular formula is C51H55N4O6S+. The lowest BCUT2D eigenvalue weighted by atomic mass is 9.79. The van der Waals surface area contributed by atoms with Crippen LogP contribution in [0.1, 0.15) is 93.4 Å². The van der Waals surface area contributed by atoms with Crippen LogP contribution in [0.2, 0.25) is 0 Å². The molecule has 1 amide bonds. The predicted molar refractivity (Wildman–Crippen MR) is 249 cm³/mol. The topological polar surface area (TPSA) is 140 Å². The molecule has 0 saturated heterocycles. The fourth-order valence-electron chi connectivity index (χ4n) is 9.23. The van der Waals surface area contributed by atoms with Crippen LogP contribution in [-0.4, -0.2) is 70.6 Å². The summed E-state index contributed by atoms with van der Waals surface area (Å²) in [7, 11) is -4.16. The molecule has 0 spiro atoms. The van der Waals surface area contributed by atoms with E-state index in [1.807, 2.05) is 24.3 Å². The molecular weight excluding hydrogens is 797 g/mol. The molecule has 1 aromatic heterocycles. The first-order valence-electron chi connectivity index (χ1n) is 21.3. The standard InChI is InChI=1S/C51H54N4O6S/c1-6-31-54-42-26-21-35-15-9-11-17-39(35)47(42)50(2,3)44(54)28-23-37(41-25-20-38(34-53-41)49(58)52-30-13-7-8-19-46(56)57)24-29-45-51(4,5)48-40-18-12-10-16-36(40)22-27-43(48)55(45)32-14-33-62(59,60)61/h1,9-12,15-18,20-29,34H,6-8,13-14,19,30-33H2,2-5H3,(H2-,52,56,57,58,59,60,61)/p+1. The summed E-state index contributed by atoms with van der Waals surface area (Å²) < 4.78 is 35.5. The Hall–Kier alpha value is -5.91. The Labute approximate surface area is 365 Å². The molecule has 0 unspecified atom stereocenters. The Morgan fingerprint density at radius 1 is 0.855 bits per heavy atom. The fraction of sp³-hybridized carbons (Fsp3) is 0.314. The van der Waals surface area contributed by atoms with Gasteiger partial charge in [-0.2, -0.15) is 13.0 Å². The lowest BCUT2D eigenvalue weighted by Gasteiger charge is -2.27. The Morgan fingerprint density at radius 2 is 1.55 bits per heavy atom. The minimum atomic E-state index is -4.16. The van der Waals surface area contributed by atoms with Crippen molar-refractivity contribution in [3.05, 3.63) is 150 Å². The van der Waals surface area contributed by atoms with Gasteiger partial charge in [-0.15, -0.1) is 0 Å². The van der Waals surface area contributed by atoms with E-state index < -0.39 is 21.5 Å². The third kappa shape index (κ3) is 9.15. The number of aromatic nitrogens is 1. The molecule has 10 nitrogen and oxygen atoms in total. The van der Waals surface area contributed by atoms with Gasteiger partial charge in [-0.25, -0.2) is 0 Å². The molecule has 2 radical (unpaired) electrons. The smallest absolute Gasteiger partial charge is 0.303 e. The molecule has 4 aromatic carbocycles. The predicted octanol–water partition coefficient (Wildman–Crippen LogP) is 9.84. The number of benzene rings is 4. The highest BCUT2D eigenvalue weighted by molar-refractivity contribution is 7.85. The number of pyridine rings is 1. The molecule has 3 heterocycles. The van der Waals surface area contributed by atoms with Crippen LogP contribution < -0.4 is 10.2 Å². The van der Waals surface area contributed by atoms with Gasteiger partial charge in [-0.1, -0.05) is 80.9 Å². The third-order valence-electron chi connectivity index (χ3n) is 12.2. The molecule has 2 aliphatic rings. The number of amides is 1. The number of fused-ring (bicyclic) bond motifs is 6. The maximum absolute atomic E-state index is 13.1. The summed E-state index contributed by atoms with van der Waals surface area (Å²) in [4.78, 5) is 31.1. The minimum absolute atomic E-state index is 0.110. The quantitative estimate of drug-likeness (QED) is 0.0364. The SMILES string of the molecule is [CH]CCN1/C(=C/C=C(/C=C/C2=[N+](CCCS(=O)(=O)O)c3ccc4ccccc4c3C2(C)C)c2ccc(C(=O)NCCCCCC(=O)O)cn2)C(C)(C)c2c1ccc1ccccc21. The average Bonchev–Trinajstić information content (AvgIpc) is 3.59. The van der Waals surface area contributed by atoms with E-state index >= 15 is 0 Å². The summed E-state index contributed by atoms with van der Waals surface area (Å²) >= 11 is 0. The van der Waals surface area contributed by atoms with Gasteiger partial charge in [0.05, 0.1) is 22.4 Å². The van der Waals surface area contributed by atoms with Gasteiger partial charge in [0, 0.05) is 72.2 Å². The number of carbonyl (C=O) groups excluding carboxylic acids is 1. The lowest BCUT2D eigenvalue weighted by Crippen LogP contribution is -2.28. The highest BCUT2D eigenvalue weighted by Crippen LogP contribution is 2.51. The first-order valence-corrected chi connectivity index (χ1v) is 22.9. The maximum Gasteiger partial charge on any atom is 0.303 e. The van der Waals surface area contributed by atoms with Crippen LogP contribution in [0.15, 0.2) is 121 Å². The summed E-state index contributed by atoms with van der Waals surface area (Å²) in [5.74, 6) is -1.44. The summed E-state index contributed by atoms with van der Waals surface area (Å²) in [6, 6.07) is 28.8. The third-order valence-corrected chi connectivity index (χ3v) is 13.0. The van der Waals surface area contributed by atoms with Gasteiger partial charge in [0.1, 0.15) is 6.54 Å². The molecule has 5 aromatic rings.